The Morgan fingerprint density at radius 2 is 2.07 bits per heavy atom. The van der Waals surface area contributed by atoms with Gasteiger partial charge in [0.15, 0.2) is 5.13 Å². The second kappa shape index (κ2) is 7.59. The second-order valence-corrected chi connectivity index (χ2v) is 7.92. The van der Waals surface area contributed by atoms with Crippen molar-refractivity contribution in [1.29, 1.82) is 0 Å². The van der Waals surface area contributed by atoms with Gasteiger partial charge in [-0.15, -0.1) is 0 Å². The highest BCUT2D eigenvalue weighted by atomic mass is 32.1. The number of aryl methyl sites for hydroxylation is 1. The Balaban J connectivity index is 1.53. The number of fused-ring (bicyclic) bond motifs is 1. The second-order valence-electron chi connectivity index (χ2n) is 6.89. The van der Waals surface area contributed by atoms with Gasteiger partial charge in [0.1, 0.15) is 6.04 Å². The SMILES string of the molecule is Cc1cc([N+](=O)[O-])ccc1C(=O)N1CCCC1C(=O)Nc1nc2ccccc2s1. The summed E-state index contributed by atoms with van der Waals surface area (Å²) < 4.78 is 0.976. The third-order valence-corrected chi connectivity index (χ3v) is 5.94. The minimum absolute atomic E-state index is 0.0643. The van der Waals surface area contributed by atoms with Gasteiger partial charge in [-0.05, 0) is 43.5 Å². The van der Waals surface area contributed by atoms with Crippen LogP contribution in [0.4, 0.5) is 10.8 Å². The quantitative estimate of drug-likeness (QED) is 0.521. The van der Waals surface area contributed by atoms with Crippen LogP contribution in [0.2, 0.25) is 0 Å². The van der Waals surface area contributed by atoms with E-state index in [0.717, 1.165) is 16.6 Å². The number of thiazole rings is 1. The number of benzene rings is 2. The summed E-state index contributed by atoms with van der Waals surface area (Å²) >= 11 is 1.39. The van der Waals surface area contributed by atoms with E-state index in [1.165, 1.54) is 34.4 Å². The van der Waals surface area contributed by atoms with Crippen molar-refractivity contribution in [2.45, 2.75) is 25.8 Å². The number of hydrogen-bond donors (Lipinski definition) is 1. The Bertz CT molecular complexity index is 1090. The molecule has 2 heterocycles. The van der Waals surface area contributed by atoms with Crippen LogP contribution in [0.15, 0.2) is 42.5 Å². The third-order valence-electron chi connectivity index (χ3n) is 4.99. The highest BCUT2D eigenvalue weighted by molar-refractivity contribution is 7.22. The maximum absolute atomic E-state index is 13.0. The average molecular weight is 410 g/mol. The number of rotatable bonds is 4. The summed E-state index contributed by atoms with van der Waals surface area (Å²) in [5.41, 5.74) is 1.64. The van der Waals surface area contributed by atoms with Crippen LogP contribution in [0, 0.1) is 17.0 Å². The van der Waals surface area contributed by atoms with Crippen LogP contribution < -0.4 is 5.32 Å². The standard InChI is InChI=1S/C20H18N4O4S/c1-12-11-13(24(27)28)8-9-14(12)19(26)23-10-4-6-16(23)18(25)22-20-21-15-5-2-3-7-17(15)29-20/h2-3,5,7-9,11,16H,4,6,10H2,1H3,(H,21,22,25). The van der Waals surface area contributed by atoms with Crippen molar-refractivity contribution in [3.8, 4) is 0 Å². The molecule has 0 aliphatic carbocycles. The molecule has 1 aromatic heterocycles. The highest BCUT2D eigenvalue weighted by Crippen LogP contribution is 2.28. The maximum atomic E-state index is 13.0. The van der Waals surface area contributed by atoms with Gasteiger partial charge >= 0.3 is 0 Å². The molecule has 1 aliphatic rings. The molecule has 4 rings (SSSR count). The first kappa shape index (κ1) is 19.0. The molecule has 9 heteroatoms. The average Bonchev–Trinajstić information content (AvgIpc) is 3.33. The van der Waals surface area contributed by atoms with Crippen LogP contribution >= 0.6 is 11.3 Å². The van der Waals surface area contributed by atoms with Crippen LogP contribution in [0.25, 0.3) is 10.2 Å². The fourth-order valence-electron chi connectivity index (χ4n) is 3.55. The van der Waals surface area contributed by atoms with Crippen molar-refractivity contribution in [2.24, 2.45) is 0 Å². The molecule has 1 atom stereocenters. The molecule has 1 fully saturated rings. The summed E-state index contributed by atoms with van der Waals surface area (Å²) in [6.07, 6.45) is 1.28. The Morgan fingerprint density at radius 1 is 1.28 bits per heavy atom. The minimum Gasteiger partial charge on any atom is -0.327 e. The number of nitro benzene ring substituents is 1. The van der Waals surface area contributed by atoms with E-state index in [2.05, 4.69) is 10.3 Å². The van der Waals surface area contributed by atoms with E-state index in [1.54, 1.807) is 6.92 Å². The lowest BCUT2D eigenvalue weighted by molar-refractivity contribution is -0.384. The first-order chi connectivity index (χ1) is 13.9. The Morgan fingerprint density at radius 3 is 2.79 bits per heavy atom. The van der Waals surface area contributed by atoms with Crippen molar-refractivity contribution in [3.05, 3.63) is 63.7 Å². The van der Waals surface area contributed by atoms with E-state index in [9.17, 15) is 19.7 Å². The molecule has 0 radical (unpaired) electrons. The van der Waals surface area contributed by atoms with Gasteiger partial charge in [0, 0.05) is 24.2 Å². The van der Waals surface area contributed by atoms with Gasteiger partial charge < -0.3 is 10.2 Å². The number of likely N-dealkylation sites (tertiary alicyclic amines) is 1. The van der Waals surface area contributed by atoms with Crippen LogP contribution in [0.1, 0.15) is 28.8 Å². The van der Waals surface area contributed by atoms with Gasteiger partial charge in [-0.25, -0.2) is 4.98 Å². The van der Waals surface area contributed by atoms with Gasteiger partial charge in [0.05, 0.1) is 15.1 Å². The van der Waals surface area contributed by atoms with Gasteiger partial charge in [0.25, 0.3) is 11.6 Å². The number of hydrogen-bond acceptors (Lipinski definition) is 6. The van der Waals surface area contributed by atoms with Gasteiger partial charge in [-0.3, -0.25) is 19.7 Å². The molecule has 2 aromatic carbocycles. The van der Waals surface area contributed by atoms with Crippen LogP contribution in [-0.4, -0.2) is 39.2 Å². The predicted octanol–water partition coefficient (Wildman–Crippen LogP) is 3.76. The fourth-order valence-corrected chi connectivity index (χ4v) is 4.42. The molecule has 1 N–H and O–H groups in total. The molecule has 1 unspecified atom stereocenters. The molecule has 3 aromatic rings. The summed E-state index contributed by atoms with van der Waals surface area (Å²) in [5.74, 6) is -0.561. The summed E-state index contributed by atoms with van der Waals surface area (Å²) in [5, 5.41) is 14.3. The molecule has 8 nitrogen and oxygen atoms in total. The van der Waals surface area contributed by atoms with Crippen molar-refractivity contribution in [2.75, 3.05) is 11.9 Å². The van der Waals surface area contributed by atoms with Gasteiger partial charge in [-0.1, -0.05) is 23.5 Å². The number of para-hydroxylation sites is 1. The lowest BCUT2D eigenvalue weighted by Crippen LogP contribution is -2.43. The van der Waals surface area contributed by atoms with Gasteiger partial charge in [0.2, 0.25) is 5.91 Å². The zero-order valence-corrected chi connectivity index (χ0v) is 16.4. The molecular weight excluding hydrogens is 392 g/mol. The number of non-ortho nitro benzene ring substituents is 1. The Hall–Kier alpha value is -3.33. The molecule has 148 valence electrons. The van der Waals surface area contributed by atoms with Crippen LogP contribution in [0.5, 0.6) is 0 Å². The van der Waals surface area contributed by atoms with E-state index >= 15 is 0 Å². The molecule has 0 bridgehead atoms. The lowest BCUT2D eigenvalue weighted by Gasteiger charge is -2.24. The number of nitrogens with one attached hydrogen (secondary N) is 1. The number of aromatic nitrogens is 1. The van der Waals surface area contributed by atoms with Crippen molar-refractivity contribution in [3.63, 3.8) is 0 Å². The molecule has 2 amide bonds. The first-order valence-corrected chi connectivity index (χ1v) is 9.98. The van der Waals surface area contributed by atoms with Crippen molar-refractivity contribution >= 4 is 44.2 Å². The summed E-state index contributed by atoms with van der Waals surface area (Å²) in [6, 6.07) is 11.2. The summed E-state index contributed by atoms with van der Waals surface area (Å²) in [4.78, 5) is 42.2. The number of nitrogens with zero attached hydrogens (tertiary/aromatic N) is 3. The predicted molar refractivity (Wildman–Crippen MR) is 110 cm³/mol. The van der Waals surface area contributed by atoms with Crippen molar-refractivity contribution < 1.29 is 14.5 Å². The third kappa shape index (κ3) is 3.68. The normalized spacial score (nSPS) is 16.2. The largest absolute Gasteiger partial charge is 0.327 e. The monoisotopic (exact) mass is 410 g/mol. The zero-order chi connectivity index (χ0) is 20.5. The highest BCUT2D eigenvalue weighted by Gasteiger charge is 2.35. The number of carbonyl (C=O) groups excluding carboxylic acids is 2. The van der Waals surface area contributed by atoms with Crippen molar-refractivity contribution in [1.82, 2.24) is 9.88 Å². The Labute approximate surface area is 170 Å². The van der Waals surface area contributed by atoms with E-state index in [0.29, 0.717) is 29.2 Å². The number of carbonyl (C=O) groups is 2. The van der Waals surface area contributed by atoms with Crippen LogP contribution in [-0.2, 0) is 4.79 Å². The topological polar surface area (TPSA) is 105 Å². The molecule has 1 aliphatic heterocycles. The number of nitro groups is 1. The summed E-state index contributed by atoms with van der Waals surface area (Å²) in [6.45, 7) is 2.12. The lowest BCUT2D eigenvalue weighted by atomic mass is 10.1. The minimum atomic E-state index is -0.593. The smallest absolute Gasteiger partial charge is 0.269 e. The number of amides is 2. The maximum Gasteiger partial charge on any atom is 0.269 e. The van der Waals surface area contributed by atoms with E-state index in [4.69, 9.17) is 0 Å². The molecular formula is C20H18N4O4S. The molecule has 0 saturated carbocycles. The molecule has 0 spiro atoms. The fraction of sp³-hybridized carbons (Fsp3) is 0.250. The van der Waals surface area contributed by atoms with Gasteiger partial charge in [-0.2, -0.15) is 0 Å². The van der Waals surface area contributed by atoms with Crippen LogP contribution in [0.3, 0.4) is 0 Å². The zero-order valence-electron chi connectivity index (χ0n) is 15.6. The Kier molecular flexibility index (Phi) is 4.98. The van der Waals surface area contributed by atoms with E-state index in [1.807, 2.05) is 24.3 Å². The summed E-state index contributed by atoms with van der Waals surface area (Å²) in [7, 11) is 0. The molecule has 29 heavy (non-hydrogen) atoms. The first-order valence-electron chi connectivity index (χ1n) is 9.16. The number of anilines is 1. The molecule has 1 saturated heterocycles. The van der Waals surface area contributed by atoms with E-state index < -0.39 is 11.0 Å². The van der Waals surface area contributed by atoms with E-state index in [-0.39, 0.29) is 17.5 Å².